The van der Waals surface area contributed by atoms with Gasteiger partial charge in [0.25, 0.3) is 0 Å². The summed E-state index contributed by atoms with van der Waals surface area (Å²) in [7, 11) is 0. The quantitative estimate of drug-likeness (QED) is 0.682. The topological polar surface area (TPSA) is 18.5 Å². The Balaban J connectivity index is 1.45. The summed E-state index contributed by atoms with van der Waals surface area (Å²) in [5.74, 6) is 2.16. The van der Waals surface area contributed by atoms with Crippen molar-refractivity contribution in [1.29, 1.82) is 0 Å². The molecule has 2 fully saturated rings. The second-order valence-corrected chi connectivity index (χ2v) is 6.41. The Kier molecular flexibility index (Phi) is 6.12. The standard InChI is InChI=1S/C12H20O2S2/c1(9-15-11-5-3-7-13-11)2-10-16-12-6-4-8-14-12/h1-2,11-12H,3-10H2/b2-1+. The molecule has 0 aliphatic carbocycles. The summed E-state index contributed by atoms with van der Waals surface area (Å²) in [5, 5.41) is 0. The summed E-state index contributed by atoms with van der Waals surface area (Å²) < 4.78 is 11.1. The first-order valence-electron chi connectivity index (χ1n) is 6.06. The highest BCUT2D eigenvalue weighted by Gasteiger charge is 2.15. The number of thioether (sulfide) groups is 2. The predicted molar refractivity (Wildman–Crippen MR) is 72.0 cm³/mol. The molecule has 2 unspecified atom stereocenters. The minimum absolute atomic E-state index is 0.454. The maximum Gasteiger partial charge on any atom is 0.103 e. The van der Waals surface area contributed by atoms with Crippen molar-refractivity contribution in [3.05, 3.63) is 12.2 Å². The zero-order chi connectivity index (χ0) is 11.1. The maximum absolute atomic E-state index is 5.54. The molecular weight excluding hydrogens is 240 g/mol. The molecule has 2 aliphatic heterocycles. The van der Waals surface area contributed by atoms with Gasteiger partial charge >= 0.3 is 0 Å². The average molecular weight is 260 g/mol. The lowest BCUT2D eigenvalue weighted by atomic mass is 10.4. The van der Waals surface area contributed by atoms with E-state index in [1.807, 2.05) is 23.5 Å². The predicted octanol–water partition coefficient (Wildman–Crippen LogP) is 3.28. The first-order chi connectivity index (χ1) is 7.95. The lowest BCUT2D eigenvalue weighted by molar-refractivity contribution is 0.173. The highest BCUT2D eigenvalue weighted by Crippen LogP contribution is 2.25. The molecule has 16 heavy (non-hydrogen) atoms. The van der Waals surface area contributed by atoms with E-state index in [0.717, 1.165) is 24.7 Å². The second kappa shape index (κ2) is 7.64. The minimum atomic E-state index is 0.454. The Morgan fingerprint density at radius 2 is 1.38 bits per heavy atom. The van der Waals surface area contributed by atoms with Crippen LogP contribution in [-0.2, 0) is 9.47 Å². The van der Waals surface area contributed by atoms with Gasteiger partial charge in [-0.05, 0) is 25.7 Å². The van der Waals surface area contributed by atoms with Gasteiger partial charge in [0.1, 0.15) is 10.9 Å². The van der Waals surface area contributed by atoms with Crippen molar-refractivity contribution in [3.8, 4) is 0 Å². The number of ether oxygens (including phenoxy) is 2. The van der Waals surface area contributed by atoms with Crippen molar-refractivity contribution in [1.82, 2.24) is 0 Å². The first-order valence-corrected chi connectivity index (χ1v) is 8.16. The van der Waals surface area contributed by atoms with Crippen molar-refractivity contribution >= 4 is 23.5 Å². The van der Waals surface area contributed by atoms with Gasteiger partial charge < -0.3 is 9.47 Å². The Labute approximate surface area is 107 Å². The summed E-state index contributed by atoms with van der Waals surface area (Å²) in [6, 6.07) is 0. The van der Waals surface area contributed by atoms with E-state index in [2.05, 4.69) is 12.2 Å². The normalized spacial score (nSPS) is 30.5. The van der Waals surface area contributed by atoms with Crippen molar-refractivity contribution in [2.45, 2.75) is 36.6 Å². The maximum atomic E-state index is 5.54. The van der Waals surface area contributed by atoms with Crippen LogP contribution in [0.4, 0.5) is 0 Å². The molecule has 0 bridgehead atoms. The van der Waals surface area contributed by atoms with Gasteiger partial charge in [-0.2, -0.15) is 0 Å². The van der Waals surface area contributed by atoms with Crippen molar-refractivity contribution in [2.75, 3.05) is 24.7 Å². The lowest BCUT2D eigenvalue weighted by Crippen LogP contribution is -1.99. The van der Waals surface area contributed by atoms with Crippen LogP contribution < -0.4 is 0 Å². The average Bonchev–Trinajstić information content (AvgIpc) is 2.96. The molecule has 0 radical (unpaired) electrons. The van der Waals surface area contributed by atoms with Crippen LogP contribution >= 0.6 is 23.5 Å². The lowest BCUT2D eigenvalue weighted by Gasteiger charge is -2.07. The highest BCUT2D eigenvalue weighted by molar-refractivity contribution is 8.00. The summed E-state index contributed by atoms with van der Waals surface area (Å²) in [4.78, 5) is 0. The van der Waals surface area contributed by atoms with Gasteiger partial charge in [0.05, 0.1) is 0 Å². The zero-order valence-corrected chi connectivity index (χ0v) is 11.2. The third kappa shape index (κ3) is 4.70. The fourth-order valence-corrected chi connectivity index (χ4v) is 3.80. The van der Waals surface area contributed by atoms with E-state index in [1.54, 1.807) is 0 Å². The van der Waals surface area contributed by atoms with Gasteiger partial charge in [0, 0.05) is 24.7 Å². The molecule has 0 aromatic rings. The van der Waals surface area contributed by atoms with Crippen LogP contribution in [0.15, 0.2) is 12.2 Å². The molecule has 2 atom stereocenters. The van der Waals surface area contributed by atoms with Crippen molar-refractivity contribution in [3.63, 3.8) is 0 Å². The third-order valence-corrected chi connectivity index (χ3v) is 4.96. The molecule has 0 aromatic heterocycles. The molecule has 4 heteroatoms. The first kappa shape index (κ1) is 12.8. The molecule has 2 heterocycles. The van der Waals surface area contributed by atoms with Crippen LogP contribution in [-0.4, -0.2) is 35.6 Å². The smallest absolute Gasteiger partial charge is 0.103 e. The molecule has 0 N–H and O–H groups in total. The van der Waals surface area contributed by atoms with Gasteiger partial charge in [-0.1, -0.05) is 12.2 Å². The van der Waals surface area contributed by atoms with Crippen LogP contribution in [0.5, 0.6) is 0 Å². The summed E-state index contributed by atoms with van der Waals surface area (Å²) in [6.07, 6.45) is 9.43. The molecule has 0 aromatic carbocycles. The van der Waals surface area contributed by atoms with Gasteiger partial charge in [-0.25, -0.2) is 0 Å². The fraction of sp³-hybridized carbons (Fsp3) is 0.833. The van der Waals surface area contributed by atoms with Crippen LogP contribution in [0.3, 0.4) is 0 Å². The third-order valence-electron chi connectivity index (χ3n) is 2.70. The monoisotopic (exact) mass is 260 g/mol. The van der Waals surface area contributed by atoms with E-state index in [1.165, 1.54) is 25.7 Å². The number of hydrogen-bond donors (Lipinski definition) is 0. The Morgan fingerprint density at radius 1 is 0.875 bits per heavy atom. The van der Waals surface area contributed by atoms with Crippen LogP contribution in [0.1, 0.15) is 25.7 Å². The minimum Gasteiger partial charge on any atom is -0.368 e. The second-order valence-electron chi connectivity index (χ2n) is 4.02. The molecule has 2 saturated heterocycles. The number of hydrogen-bond acceptors (Lipinski definition) is 4. The highest BCUT2D eigenvalue weighted by atomic mass is 32.2. The fourth-order valence-electron chi connectivity index (χ4n) is 1.82. The number of rotatable bonds is 6. The molecule has 2 rings (SSSR count). The zero-order valence-electron chi connectivity index (χ0n) is 9.60. The van der Waals surface area contributed by atoms with Gasteiger partial charge in [-0.3, -0.25) is 0 Å². The molecule has 0 spiro atoms. The van der Waals surface area contributed by atoms with Gasteiger partial charge in [-0.15, -0.1) is 23.5 Å². The van der Waals surface area contributed by atoms with Crippen LogP contribution in [0.2, 0.25) is 0 Å². The van der Waals surface area contributed by atoms with E-state index in [9.17, 15) is 0 Å². The van der Waals surface area contributed by atoms with Crippen LogP contribution in [0.25, 0.3) is 0 Å². The van der Waals surface area contributed by atoms with Crippen LogP contribution in [0, 0.1) is 0 Å². The van der Waals surface area contributed by atoms with E-state index in [4.69, 9.17) is 9.47 Å². The van der Waals surface area contributed by atoms with E-state index < -0.39 is 0 Å². The van der Waals surface area contributed by atoms with E-state index in [-0.39, 0.29) is 0 Å². The largest absolute Gasteiger partial charge is 0.368 e. The Hall–Kier alpha value is 0.360. The summed E-state index contributed by atoms with van der Waals surface area (Å²) in [6.45, 7) is 1.91. The molecule has 92 valence electrons. The molecular formula is C12H20O2S2. The Morgan fingerprint density at radius 3 is 1.75 bits per heavy atom. The molecule has 0 saturated carbocycles. The molecule has 2 nitrogen and oxygen atoms in total. The molecule has 2 aliphatic rings. The van der Waals surface area contributed by atoms with Gasteiger partial charge in [0.2, 0.25) is 0 Å². The Bertz CT molecular complexity index is 187. The summed E-state index contributed by atoms with van der Waals surface area (Å²) in [5.41, 5.74) is 0.908. The van der Waals surface area contributed by atoms with E-state index >= 15 is 0 Å². The summed E-state index contributed by atoms with van der Waals surface area (Å²) >= 11 is 3.83. The van der Waals surface area contributed by atoms with Crippen molar-refractivity contribution in [2.24, 2.45) is 0 Å². The SMILES string of the molecule is C(=C\CSC1CCCO1)/CSC1CCCO1. The van der Waals surface area contributed by atoms with Crippen molar-refractivity contribution < 1.29 is 9.47 Å². The van der Waals surface area contributed by atoms with Gasteiger partial charge in [0.15, 0.2) is 0 Å². The molecule has 0 amide bonds. The van der Waals surface area contributed by atoms with E-state index in [0.29, 0.717) is 10.9 Å².